The Balaban J connectivity index is 1.59. The summed E-state index contributed by atoms with van der Waals surface area (Å²) in [4.78, 5) is 18.3. The molecule has 3 N–H and O–H groups in total. The highest BCUT2D eigenvalue weighted by Gasteiger charge is 2.53. The van der Waals surface area contributed by atoms with Crippen molar-refractivity contribution in [3.05, 3.63) is 59.7 Å². The van der Waals surface area contributed by atoms with Gasteiger partial charge in [0, 0.05) is 7.05 Å². The molecule has 0 unspecified atom stereocenters. The van der Waals surface area contributed by atoms with Crippen LogP contribution in [0.3, 0.4) is 0 Å². The number of rotatable bonds is 4. The van der Waals surface area contributed by atoms with E-state index in [-0.39, 0.29) is 12.5 Å². The third kappa shape index (κ3) is 3.23. The first-order chi connectivity index (χ1) is 12.9. The third-order valence-corrected chi connectivity index (χ3v) is 5.94. The third-order valence-electron chi connectivity index (χ3n) is 5.94. The zero-order valence-corrected chi connectivity index (χ0v) is 15.7. The van der Waals surface area contributed by atoms with Gasteiger partial charge in [0.05, 0.1) is 18.6 Å². The van der Waals surface area contributed by atoms with Crippen molar-refractivity contribution in [1.82, 2.24) is 4.90 Å². The van der Waals surface area contributed by atoms with E-state index < -0.39 is 5.54 Å². The summed E-state index contributed by atoms with van der Waals surface area (Å²) in [6.07, 6.45) is 1.42. The van der Waals surface area contributed by atoms with E-state index in [4.69, 9.17) is 5.73 Å². The molecule has 0 radical (unpaired) electrons. The van der Waals surface area contributed by atoms with Gasteiger partial charge in [-0.1, -0.05) is 42.5 Å². The molecule has 0 spiro atoms. The molecular weight excluding hydrogens is 338 g/mol. The van der Waals surface area contributed by atoms with Gasteiger partial charge >= 0.3 is 0 Å². The number of benzene rings is 2. The molecule has 1 amide bonds. The van der Waals surface area contributed by atoms with Crippen LogP contribution in [0.25, 0.3) is 11.1 Å². The van der Waals surface area contributed by atoms with Crippen molar-refractivity contribution in [3.63, 3.8) is 0 Å². The Morgan fingerprint density at radius 3 is 2.63 bits per heavy atom. The first-order valence-electron chi connectivity index (χ1n) is 9.33. The molecule has 1 fully saturated rings. The molecule has 2 aliphatic rings. The maximum absolute atomic E-state index is 12.2. The van der Waals surface area contributed by atoms with Gasteiger partial charge in [-0.25, -0.2) is 4.99 Å². The van der Waals surface area contributed by atoms with Gasteiger partial charge in [0.25, 0.3) is 0 Å². The summed E-state index contributed by atoms with van der Waals surface area (Å²) >= 11 is 0. The van der Waals surface area contributed by atoms with E-state index in [0.29, 0.717) is 24.2 Å². The minimum Gasteiger partial charge on any atom is -0.392 e. The van der Waals surface area contributed by atoms with Crippen LogP contribution in [0.15, 0.2) is 53.5 Å². The number of hydrogen-bond donors (Lipinski definition) is 2. The number of guanidine groups is 1. The Labute approximate surface area is 159 Å². The monoisotopic (exact) mass is 363 g/mol. The highest BCUT2D eigenvalue weighted by Crippen LogP contribution is 2.56. The van der Waals surface area contributed by atoms with E-state index in [1.54, 1.807) is 7.05 Å². The van der Waals surface area contributed by atoms with E-state index in [1.807, 2.05) is 25.1 Å². The van der Waals surface area contributed by atoms with Crippen LogP contribution in [0.2, 0.25) is 0 Å². The molecule has 0 saturated heterocycles. The van der Waals surface area contributed by atoms with Crippen molar-refractivity contribution in [2.45, 2.75) is 37.8 Å². The lowest BCUT2D eigenvalue weighted by Crippen LogP contribution is -2.49. The molecular formula is C22H25N3O2. The van der Waals surface area contributed by atoms with Crippen LogP contribution >= 0.6 is 0 Å². The molecule has 0 aromatic heterocycles. The van der Waals surface area contributed by atoms with Crippen molar-refractivity contribution in [1.29, 1.82) is 0 Å². The molecule has 5 nitrogen and oxygen atoms in total. The summed E-state index contributed by atoms with van der Waals surface area (Å²) in [5.74, 6) is 1.07. The van der Waals surface area contributed by atoms with Crippen molar-refractivity contribution in [3.8, 4) is 11.1 Å². The molecule has 2 aromatic carbocycles. The fraction of sp³-hybridized carbons (Fsp3) is 0.364. The number of nitrogens with zero attached hydrogens (tertiary/aromatic N) is 2. The number of aliphatic hydroxyl groups is 1. The summed E-state index contributed by atoms with van der Waals surface area (Å²) in [5, 5.41) is 9.38. The number of aliphatic hydroxyl groups excluding tert-OH is 1. The van der Waals surface area contributed by atoms with E-state index in [0.717, 1.165) is 23.1 Å². The van der Waals surface area contributed by atoms with E-state index in [9.17, 15) is 9.90 Å². The second-order valence-electron chi connectivity index (χ2n) is 7.89. The van der Waals surface area contributed by atoms with Gasteiger partial charge in [-0.05, 0) is 53.5 Å². The summed E-state index contributed by atoms with van der Waals surface area (Å²) in [5.41, 5.74) is 9.95. The van der Waals surface area contributed by atoms with Gasteiger partial charge in [-0.15, -0.1) is 0 Å². The molecule has 4 rings (SSSR count). The molecule has 2 aromatic rings. The molecule has 1 heterocycles. The lowest BCUT2D eigenvalue weighted by molar-refractivity contribution is -0.128. The topological polar surface area (TPSA) is 78.9 Å². The van der Waals surface area contributed by atoms with Crippen molar-refractivity contribution >= 4 is 11.9 Å². The molecule has 1 aliphatic heterocycles. The second kappa shape index (κ2) is 6.50. The van der Waals surface area contributed by atoms with Crippen LogP contribution in [0.4, 0.5) is 0 Å². The summed E-state index contributed by atoms with van der Waals surface area (Å²) in [6.45, 7) is 2.09. The van der Waals surface area contributed by atoms with Crippen LogP contribution in [0.5, 0.6) is 0 Å². The first-order valence-corrected chi connectivity index (χ1v) is 9.33. The highest BCUT2D eigenvalue weighted by molar-refractivity contribution is 5.98. The predicted octanol–water partition coefficient (Wildman–Crippen LogP) is 2.88. The Morgan fingerprint density at radius 2 is 1.93 bits per heavy atom. The fourth-order valence-electron chi connectivity index (χ4n) is 4.19. The number of nitrogens with two attached hydrogens (primary N) is 1. The maximum Gasteiger partial charge on any atom is 0.231 e. The SMILES string of the molecule is CN1C(=O)C[C@@](C)([C@@H]2C[C@H]2c2cccc(-c3cccc(CO)c3)c2)N=C1N. The molecule has 1 saturated carbocycles. The molecule has 0 bridgehead atoms. The van der Waals surface area contributed by atoms with Gasteiger partial charge in [-0.3, -0.25) is 9.69 Å². The van der Waals surface area contributed by atoms with Crippen LogP contribution in [0.1, 0.15) is 36.8 Å². The number of amides is 1. The van der Waals surface area contributed by atoms with E-state index >= 15 is 0 Å². The summed E-state index contributed by atoms with van der Waals surface area (Å²) < 4.78 is 0. The quantitative estimate of drug-likeness (QED) is 0.877. The largest absolute Gasteiger partial charge is 0.392 e. The molecule has 5 heteroatoms. The summed E-state index contributed by atoms with van der Waals surface area (Å²) in [7, 11) is 1.68. The van der Waals surface area contributed by atoms with Gasteiger partial charge in [0.2, 0.25) is 5.91 Å². The van der Waals surface area contributed by atoms with Gasteiger partial charge in [-0.2, -0.15) is 0 Å². The minimum absolute atomic E-state index is 0.0326. The number of carbonyl (C=O) groups excluding carboxylic acids is 1. The van der Waals surface area contributed by atoms with Crippen molar-refractivity contribution in [2.75, 3.05) is 7.05 Å². The first kappa shape index (κ1) is 17.7. The molecule has 1 aliphatic carbocycles. The maximum atomic E-state index is 12.2. The van der Waals surface area contributed by atoms with Crippen LogP contribution < -0.4 is 5.73 Å². The lowest BCUT2D eigenvalue weighted by atomic mass is 9.87. The molecule has 27 heavy (non-hydrogen) atoms. The smallest absolute Gasteiger partial charge is 0.231 e. The van der Waals surface area contributed by atoms with Crippen LogP contribution in [-0.2, 0) is 11.4 Å². The van der Waals surface area contributed by atoms with Crippen LogP contribution in [0, 0.1) is 5.92 Å². The molecule has 140 valence electrons. The lowest BCUT2D eigenvalue weighted by Gasteiger charge is -2.33. The number of carbonyl (C=O) groups is 1. The normalized spacial score (nSPS) is 27.4. The van der Waals surface area contributed by atoms with Crippen molar-refractivity contribution in [2.24, 2.45) is 16.6 Å². The number of aliphatic imine (C=N–C) groups is 1. The standard InChI is InChI=1S/C22H25N3O2/c1-22(12-20(27)25(2)21(23)24-22)19-11-18(19)17-8-4-7-16(10-17)15-6-3-5-14(9-15)13-26/h3-10,18-19,26H,11-13H2,1-2H3,(H2,23,24)/t18-,19+,22-/m0/s1. The van der Waals surface area contributed by atoms with Crippen molar-refractivity contribution < 1.29 is 9.90 Å². The predicted molar refractivity (Wildman–Crippen MR) is 106 cm³/mol. The number of hydrogen-bond acceptors (Lipinski definition) is 4. The van der Waals surface area contributed by atoms with E-state index in [1.165, 1.54) is 10.5 Å². The zero-order chi connectivity index (χ0) is 19.2. The average molecular weight is 363 g/mol. The molecule has 3 atom stereocenters. The van der Waals surface area contributed by atoms with E-state index in [2.05, 4.69) is 35.3 Å². The van der Waals surface area contributed by atoms with Gasteiger partial charge in [0.15, 0.2) is 5.96 Å². The average Bonchev–Trinajstić information content (AvgIpc) is 3.48. The Morgan fingerprint density at radius 1 is 1.22 bits per heavy atom. The van der Waals surface area contributed by atoms with Gasteiger partial charge in [0.1, 0.15) is 0 Å². The minimum atomic E-state index is -0.425. The Hall–Kier alpha value is -2.66. The Kier molecular flexibility index (Phi) is 4.27. The zero-order valence-electron chi connectivity index (χ0n) is 15.7. The van der Waals surface area contributed by atoms with Gasteiger partial charge < -0.3 is 10.8 Å². The van der Waals surface area contributed by atoms with Crippen LogP contribution in [-0.4, -0.2) is 34.5 Å². The Bertz CT molecular complexity index is 923. The highest BCUT2D eigenvalue weighted by atomic mass is 16.3. The second-order valence-corrected chi connectivity index (χ2v) is 7.89. The summed E-state index contributed by atoms with van der Waals surface area (Å²) in [6, 6.07) is 16.5. The fourth-order valence-corrected chi connectivity index (χ4v) is 4.19.